The van der Waals surface area contributed by atoms with Crippen molar-refractivity contribution >= 4 is 39.3 Å². The highest BCUT2D eigenvalue weighted by Gasteiger charge is 2.42. The minimum Gasteiger partial charge on any atom is -0.386 e. The number of H-pyrrole nitrogens is 2. The van der Waals surface area contributed by atoms with Gasteiger partial charge >= 0.3 is 5.69 Å². The number of carbonyl (C=O) groups excluding carboxylic acids is 1. The third-order valence-electron chi connectivity index (χ3n) is 8.21. The zero-order valence-corrected chi connectivity index (χ0v) is 23.3. The van der Waals surface area contributed by atoms with E-state index in [-0.39, 0.29) is 22.3 Å². The van der Waals surface area contributed by atoms with Gasteiger partial charge in [-0.3, -0.25) is 9.59 Å². The smallest absolute Gasteiger partial charge is 0.333 e. The summed E-state index contributed by atoms with van der Waals surface area (Å²) in [5, 5.41) is 11.7. The number of fused-ring (bicyclic) bond motifs is 4. The van der Waals surface area contributed by atoms with E-state index in [1.165, 1.54) is 0 Å². The maximum atomic E-state index is 16.2. The number of aromatic amines is 2. The van der Waals surface area contributed by atoms with Crippen LogP contribution in [0.15, 0.2) is 64.2 Å². The van der Waals surface area contributed by atoms with Crippen molar-refractivity contribution in [1.82, 2.24) is 14.5 Å². The number of alkyl halides is 1. The van der Waals surface area contributed by atoms with Crippen molar-refractivity contribution in [3.8, 4) is 5.69 Å². The van der Waals surface area contributed by atoms with E-state index in [4.69, 9.17) is 17.3 Å². The summed E-state index contributed by atoms with van der Waals surface area (Å²) >= 11 is 6.22. The highest BCUT2D eigenvalue weighted by atomic mass is 35.5. The van der Waals surface area contributed by atoms with Crippen LogP contribution < -0.4 is 17.0 Å². The molecular formula is C31H28ClFN4O4. The molecule has 2 unspecified atom stereocenters. The summed E-state index contributed by atoms with van der Waals surface area (Å²) in [5.41, 5.74) is 7.48. The van der Waals surface area contributed by atoms with Crippen LogP contribution in [-0.2, 0) is 10.4 Å². The molecule has 0 fully saturated rings. The van der Waals surface area contributed by atoms with Crippen molar-refractivity contribution in [1.29, 1.82) is 0 Å². The fourth-order valence-corrected chi connectivity index (χ4v) is 6.36. The number of carbonyl (C=O) groups is 1. The summed E-state index contributed by atoms with van der Waals surface area (Å²) in [6.07, 6.45) is -1.61. The Morgan fingerprint density at radius 3 is 2.54 bits per heavy atom. The van der Waals surface area contributed by atoms with Crippen molar-refractivity contribution in [2.24, 2.45) is 5.73 Å². The van der Waals surface area contributed by atoms with Gasteiger partial charge in [-0.1, -0.05) is 41.9 Å². The molecule has 5 aromatic rings. The standard InChI is InChI=1S/C31H28ClFN4O4/c1-14-16(6-5-9-23(14)37-29(39)18-7-4-8-20(32)26(18)36-30(37)40)24-21(33)13-19(28(34)38)27-25(24)17-11-10-15(31(2,3)41)12-22(17)35-27/h4-12,19,21,24,35,41H,13H2,1-3H3,(H2,34,38)(H,36,40)/t19?,21?,24-/m1/s1. The first-order valence-electron chi connectivity index (χ1n) is 13.2. The fraction of sp³-hybridized carbons (Fsp3) is 0.258. The van der Waals surface area contributed by atoms with Gasteiger partial charge in [0.15, 0.2) is 0 Å². The number of nitrogens with two attached hydrogens (primary N) is 1. The quantitative estimate of drug-likeness (QED) is 0.245. The number of primary amides is 1. The number of benzene rings is 3. The van der Waals surface area contributed by atoms with E-state index in [1.807, 2.05) is 6.07 Å². The average molecular weight is 575 g/mol. The lowest BCUT2D eigenvalue weighted by Gasteiger charge is -2.32. The number of hydrogen-bond acceptors (Lipinski definition) is 4. The molecule has 41 heavy (non-hydrogen) atoms. The molecule has 3 atom stereocenters. The molecule has 5 N–H and O–H groups in total. The largest absolute Gasteiger partial charge is 0.386 e. The first-order chi connectivity index (χ1) is 19.4. The Morgan fingerprint density at radius 2 is 1.83 bits per heavy atom. The van der Waals surface area contributed by atoms with Gasteiger partial charge in [0.1, 0.15) is 6.17 Å². The molecule has 0 saturated carbocycles. The maximum absolute atomic E-state index is 16.2. The van der Waals surface area contributed by atoms with Crippen molar-refractivity contribution in [2.45, 2.75) is 50.8 Å². The van der Waals surface area contributed by atoms with Gasteiger partial charge in [0.05, 0.1) is 33.1 Å². The van der Waals surface area contributed by atoms with E-state index in [9.17, 15) is 19.5 Å². The summed E-state index contributed by atoms with van der Waals surface area (Å²) in [7, 11) is 0. The number of aromatic nitrogens is 3. The van der Waals surface area contributed by atoms with Crippen LogP contribution in [0.4, 0.5) is 4.39 Å². The second-order valence-corrected chi connectivity index (χ2v) is 11.6. The van der Waals surface area contributed by atoms with Gasteiger partial charge in [-0.2, -0.15) is 0 Å². The van der Waals surface area contributed by atoms with Gasteiger partial charge in [0.25, 0.3) is 5.56 Å². The van der Waals surface area contributed by atoms with Gasteiger partial charge in [-0.25, -0.2) is 13.8 Å². The maximum Gasteiger partial charge on any atom is 0.333 e. The normalized spacial score (nSPS) is 19.0. The van der Waals surface area contributed by atoms with Crippen LogP contribution in [0.3, 0.4) is 0 Å². The predicted octanol–water partition coefficient (Wildman–Crippen LogP) is 4.79. The topological polar surface area (TPSA) is 134 Å². The zero-order valence-electron chi connectivity index (χ0n) is 22.6. The van der Waals surface area contributed by atoms with Crippen LogP contribution in [0, 0.1) is 6.92 Å². The lowest BCUT2D eigenvalue weighted by atomic mass is 9.73. The Bertz CT molecular complexity index is 2000. The highest BCUT2D eigenvalue weighted by Crippen LogP contribution is 2.48. The minimum atomic E-state index is -1.48. The SMILES string of the molecule is Cc1c([C@H]2c3c([nH]c4cc(C(C)(C)O)ccc34)C(C(N)=O)CC2F)cccc1-n1c(=O)[nH]c2c(Cl)cccc2c1=O. The Kier molecular flexibility index (Phi) is 6.20. The summed E-state index contributed by atoms with van der Waals surface area (Å²) in [5.74, 6) is -2.32. The molecule has 1 aliphatic carbocycles. The van der Waals surface area contributed by atoms with E-state index < -0.39 is 40.8 Å². The molecule has 1 amide bonds. The third kappa shape index (κ3) is 4.19. The second kappa shape index (κ2) is 9.43. The van der Waals surface area contributed by atoms with Gasteiger partial charge in [0.2, 0.25) is 5.91 Å². The van der Waals surface area contributed by atoms with E-state index in [1.54, 1.807) is 69.3 Å². The van der Waals surface area contributed by atoms with Crippen LogP contribution >= 0.6 is 11.6 Å². The molecule has 3 aromatic carbocycles. The number of halogens is 2. The molecule has 10 heteroatoms. The summed E-state index contributed by atoms with van der Waals surface area (Å²) < 4.78 is 17.2. The van der Waals surface area contributed by atoms with Crippen LogP contribution in [0.1, 0.15) is 60.1 Å². The van der Waals surface area contributed by atoms with Gasteiger partial charge in [-0.15, -0.1) is 0 Å². The molecule has 2 heterocycles. The first-order valence-corrected chi connectivity index (χ1v) is 13.6. The fourth-order valence-electron chi connectivity index (χ4n) is 6.14. The number of nitrogens with one attached hydrogen (secondary N) is 2. The highest BCUT2D eigenvalue weighted by molar-refractivity contribution is 6.34. The number of nitrogens with zero attached hydrogens (tertiary/aromatic N) is 1. The van der Waals surface area contributed by atoms with E-state index in [2.05, 4.69) is 9.97 Å². The molecule has 0 spiro atoms. The number of amides is 1. The molecule has 0 bridgehead atoms. The number of aliphatic hydroxyl groups is 1. The molecule has 2 aromatic heterocycles. The lowest BCUT2D eigenvalue weighted by Crippen LogP contribution is -2.35. The van der Waals surface area contributed by atoms with Crippen LogP contribution in [0.2, 0.25) is 5.02 Å². The number of hydrogen-bond donors (Lipinski definition) is 4. The molecular weight excluding hydrogens is 547 g/mol. The molecule has 0 radical (unpaired) electrons. The average Bonchev–Trinajstić information content (AvgIpc) is 3.28. The predicted molar refractivity (Wildman–Crippen MR) is 157 cm³/mol. The molecule has 0 aliphatic heterocycles. The zero-order chi connectivity index (χ0) is 29.4. The number of para-hydroxylation sites is 1. The second-order valence-electron chi connectivity index (χ2n) is 11.2. The minimum absolute atomic E-state index is 0.128. The van der Waals surface area contributed by atoms with Gasteiger partial charge in [-0.05, 0) is 73.7 Å². The van der Waals surface area contributed by atoms with Gasteiger partial charge in [0, 0.05) is 22.5 Å². The molecule has 8 nitrogen and oxygen atoms in total. The summed E-state index contributed by atoms with van der Waals surface area (Å²) in [4.78, 5) is 45.1. The van der Waals surface area contributed by atoms with Gasteiger partial charge < -0.3 is 20.8 Å². The van der Waals surface area contributed by atoms with Crippen molar-refractivity contribution in [3.63, 3.8) is 0 Å². The van der Waals surface area contributed by atoms with Crippen molar-refractivity contribution in [2.75, 3.05) is 0 Å². The Balaban J connectivity index is 1.59. The molecule has 6 rings (SSSR count). The van der Waals surface area contributed by atoms with Crippen LogP contribution in [-0.4, -0.2) is 31.7 Å². The summed E-state index contributed by atoms with van der Waals surface area (Å²) in [6.45, 7) is 5.08. The Morgan fingerprint density at radius 1 is 1.10 bits per heavy atom. The molecule has 1 aliphatic rings. The Labute approximate surface area is 238 Å². The van der Waals surface area contributed by atoms with E-state index >= 15 is 4.39 Å². The van der Waals surface area contributed by atoms with Crippen LogP contribution in [0.25, 0.3) is 27.5 Å². The molecule has 0 saturated heterocycles. The van der Waals surface area contributed by atoms with Crippen molar-refractivity contribution in [3.05, 3.63) is 108 Å². The first kappa shape index (κ1) is 27.0. The summed E-state index contributed by atoms with van der Waals surface area (Å²) in [6, 6.07) is 15.3. The number of rotatable bonds is 4. The monoisotopic (exact) mass is 574 g/mol. The van der Waals surface area contributed by atoms with Crippen LogP contribution in [0.5, 0.6) is 0 Å². The van der Waals surface area contributed by atoms with E-state index in [0.717, 1.165) is 4.57 Å². The third-order valence-corrected chi connectivity index (χ3v) is 8.52. The van der Waals surface area contributed by atoms with E-state index in [0.29, 0.717) is 44.5 Å². The van der Waals surface area contributed by atoms with Crippen molar-refractivity contribution < 1.29 is 14.3 Å². The molecule has 210 valence electrons. The lowest BCUT2D eigenvalue weighted by molar-refractivity contribution is -0.120. The Hall–Kier alpha value is -4.21.